The second-order valence-electron chi connectivity index (χ2n) is 4.72. The van der Waals surface area contributed by atoms with Gasteiger partial charge in [-0.3, -0.25) is 9.83 Å². The van der Waals surface area contributed by atoms with Crippen molar-refractivity contribution in [3.8, 4) is 0 Å². The van der Waals surface area contributed by atoms with Gasteiger partial charge in [0.2, 0.25) is 0 Å². The molecule has 0 radical (unpaired) electrons. The van der Waals surface area contributed by atoms with E-state index >= 15 is 0 Å². The first-order chi connectivity index (χ1) is 8.99. The Morgan fingerprint density at radius 3 is 2.79 bits per heavy atom. The second-order valence-corrected chi connectivity index (χ2v) is 5.79. The largest absolute Gasteiger partial charge is 0.394 e. The van der Waals surface area contributed by atoms with Crippen molar-refractivity contribution < 1.29 is 24.9 Å². The van der Waals surface area contributed by atoms with Crippen LogP contribution in [-0.2, 0) is 9.57 Å². The number of thioether (sulfide) groups is 1. The quantitative estimate of drug-likeness (QED) is 0.429. The molecule has 0 aromatic rings. The van der Waals surface area contributed by atoms with Crippen molar-refractivity contribution >= 4 is 16.9 Å². The van der Waals surface area contributed by atoms with Gasteiger partial charge in [0.05, 0.1) is 6.61 Å². The third-order valence-electron chi connectivity index (χ3n) is 3.17. The Kier molecular flexibility index (Phi) is 4.66. The molecule has 0 aliphatic carbocycles. The van der Waals surface area contributed by atoms with Crippen LogP contribution in [-0.4, -0.2) is 82.0 Å². The van der Waals surface area contributed by atoms with Gasteiger partial charge < -0.3 is 25.0 Å². The molecule has 2 heterocycles. The lowest BCUT2D eigenvalue weighted by molar-refractivity contribution is -0.208. The topological polar surface area (TPSA) is 121 Å². The molecule has 1 fully saturated rings. The molecule has 5 N–H and O–H groups in total. The lowest BCUT2D eigenvalue weighted by atomic mass is 9.95. The Morgan fingerprint density at radius 2 is 2.26 bits per heavy atom. The van der Waals surface area contributed by atoms with Crippen LogP contribution in [0.25, 0.3) is 0 Å². The number of amidine groups is 1. The van der Waals surface area contributed by atoms with E-state index in [4.69, 9.17) is 20.6 Å². The fourth-order valence-electron chi connectivity index (χ4n) is 2.15. The molecule has 2 aliphatic heterocycles. The first-order valence-electron chi connectivity index (χ1n) is 5.89. The number of aliphatic hydroxyl groups excluding tert-OH is 3. The van der Waals surface area contributed by atoms with Gasteiger partial charge >= 0.3 is 0 Å². The maximum atomic E-state index is 10.2. The summed E-state index contributed by atoms with van der Waals surface area (Å²) in [5.74, 6) is 5.16. The lowest BCUT2D eigenvalue weighted by Gasteiger charge is -2.40. The van der Waals surface area contributed by atoms with Crippen LogP contribution in [0.1, 0.15) is 0 Å². The number of hydrogen-bond acceptors (Lipinski definition) is 9. The van der Waals surface area contributed by atoms with Gasteiger partial charge in [-0.25, -0.2) is 5.90 Å². The van der Waals surface area contributed by atoms with Crippen molar-refractivity contribution in [2.75, 3.05) is 20.7 Å². The predicted molar refractivity (Wildman–Crippen MR) is 69.3 cm³/mol. The second kappa shape index (κ2) is 5.92. The molecule has 0 bridgehead atoms. The minimum Gasteiger partial charge on any atom is -0.394 e. The fraction of sp³-hybridized carbons (Fsp3) is 0.900. The molecule has 0 amide bonds. The Labute approximate surface area is 115 Å². The molecule has 19 heavy (non-hydrogen) atoms. The maximum Gasteiger partial charge on any atom is 0.161 e. The van der Waals surface area contributed by atoms with Crippen molar-refractivity contribution in [3.63, 3.8) is 0 Å². The van der Waals surface area contributed by atoms with Crippen LogP contribution < -0.4 is 5.90 Å². The zero-order valence-electron chi connectivity index (χ0n) is 10.7. The first-order valence-corrected chi connectivity index (χ1v) is 6.77. The molecule has 0 saturated carbocycles. The molecule has 9 heteroatoms. The number of aliphatic hydroxyl groups is 3. The van der Waals surface area contributed by atoms with Crippen molar-refractivity contribution in [1.29, 1.82) is 0 Å². The fourth-order valence-corrected chi connectivity index (χ4v) is 3.30. The zero-order chi connectivity index (χ0) is 14.2. The minimum absolute atomic E-state index is 0.426. The van der Waals surface area contributed by atoms with E-state index in [0.717, 1.165) is 5.17 Å². The van der Waals surface area contributed by atoms with Crippen molar-refractivity contribution in [3.05, 3.63) is 0 Å². The van der Waals surface area contributed by atoms with E-state index in [1.165, 1.54) is 11.8 Å². The third-order valence-corrected chi connectivity index (χ3v) is 4.47. The average Bonchev–Trinajstić information content (AvgIpc) is 2.82. The maximum absolute atomic E-state index is 10.2. The molecule has 2 aliphatic rings. The molecule has 2 rings (SSSR count). The van der Waals surface area contributed by atoms with Crippen molar-refractivity contribution in [1.82, 2.24) is 4.90 Å². The first kappa shape index (κ1) is 15.0. The highest BCUT2D eigenvalue weighted by atomic mass is 32.2. The van der Waals surface area contributed by atoms with Crippen LogP contribution in [0.15, 0.2) is 4.99 Å². The summed E-state index contributed by atoms with van der Waals surface area (Å²) in [6.45, 7) is -0.499. The minimum atomic E-state index is -1.17. The summed E-state index contributed by atoms with van der Waals surface area (Å²) >= 11 is 1.36. The Balaban J connectivity index is 2.18. The van der Waals surface area contributed by atoms with Crippen LogP contribution in [0.3, 0.4) is 0 Å². The van der Waals surface area contributed by atoms with E-state index in [9.17, 15) is 10.2 Å². The molecule has 0 aromatic heterocycles. The van der Waals surface area contributed by atoms with Gasteiger partial charge in [0.25, 0.3) is 0 Å². The molecule has 8 nitrogen and oxygen atoms in total. The molecule has 110 valence electrons. The molecule has 0 unspecified atom stereocenters. The van der Waals surface area contributed by atoms with Crippen molar-refractivity contribution in [2.24, 2.45) is 10.9 Å². The average molecular weight is 293 g/mol. The van der Waals surface area contributed by atoms with Gasteiger partial charge in [-0.15, -0.1) is 0 Å². The number of hydrogen-bond donors (Lipinski definition) is 4. The van der Waals surface area contributed by atoms with Crippen molar-refractivity contribution in [2.45, 2.75) is 35.9 Å². The van der Waals surface area contributed by atoms with E-state index in [0.29, 0.717) is 0 Å². The van der Waals surface area contributed by atoms with Crippen LogP contribution in [0.4, 0.5) is 0 Å². The number of aliphatic imine (C=N–C) groups is 1. The molecule has 0 spiro atoms. The summed E-state index contributed by atoms with van der Waals surface area (Å²) in [5.41, 5.74) is -0.426. The molecular weight excluding hydrogens is 274 g/mol. The summed E-state index contributed by atoms with van der Waals surface area (Å²) in [7, 11) is 3.68. The standard InChI is InChI=1S/C10H19N3O5S/c1-13(2)10-12-5-6(16)8(18-11)7(4(15)3-14)17-9(5)19-10/h4-9,14-16H,3,11H2,1-2H3/t4-,5-,6-,7-,8+,9-/m1/s1. The number of rotatable bonds is 3. The van der Waals surface area contributed by atoms with E-state index in [-0.39, 0.29) is 0 Å². The SMILES string of the molecule is CN(C)C1=N[C@@H]2[C@@H](O)[C@H](ON)[C@@H]([C@H](O)CO)O[C@@H]2S1. The van der Waals surface area contributed by atoms with E-state index in [2.05, 4.69) is 4.99 Å². The van der Waals surface area contributed by atoms with E-state index in [1.54, 1.807) is 0 Å². The number of ether oxygens (including phenoxy) is 1. The van der Waals surface area contributed by atoms with Crippen LogP contribution in [0.2, 0.25) is 0 Å². The zero-order valence-corrected chi connectivity index (χ0v) is 11.5. The van der Waals surface area contributed by atoms with Gasteiger partial charge in [0, 0.05) is 14.1 Å². The normalized spacial score (nSPS) is 39.7. The summed E-state index contributed by atoms with van der Waals surface area (Å²) < 4.78 is 5.66. The predicted octanol–water partition coefficient (Wildman–Crippen LogP) is -2.28. The molecule has 0 aromatic carbocycles. The lowest BCUT2D eigenvalue weighted by Crippen LogP contribution is -2.60. The van der Waals surface area contributed by atoms with Crippen LogP contribution in [0, 0.1) is 0 Å². The smallest absolute Gasteiger partial charge is 0.161 e. The van der Waals surface area contributed by atoms with Crippen LogP contribution >= 0.6 is 11.8 Å². The Morgan fingerprint density at radius 1 is 1.58 bits per heavy atom. The highest BCUT2D eigenvalue weighted by Gasteiger charge is 2.51. The Bertz CT molecular complexity index is 356. The summed E-state index contributed by atoms with van der Waals surface area (Å²) in [4.78, 5) is 10.9. The number of fused-ring (bicyclic) bond motifs is 1. The van der Waals surface area contributed by atoms with Gasteiger partial charge in [-0.1, -0.05) is 11.8 Å². The van der Waals surface area contributed by atoms with Gasteiger partial charge in [-0.2, -0.15) is 0 Å². The summed E-state index contributed by atoms with van der Waals surface area (Å²) in [6, 6.07) is -0.502. The molecular formula is C10H19N3O5S. The van der Waals surface area contributed by atoms with E-state index in [1.807, 2.05) is 19.0 Å². The van der Waals surface area contributed by atoms with Gasteiger partial charge in [0.15, 0.2) is 5.17 Å². The highest BCUT2D eigenvalue weighted by Crippen LogP contribution is 2.38. The third kappa shape index (κ3) is 2.72. The van der Waals surface area contributed by atoms with Crippen LogP contribution in [0.5, 0.6) is 0 Å². The summed E-state index contributed by atoms with van der Waals surface area (Å²) in [6.07, 6.45) is -4.00. The molecule has 6 atom stereocenters. The Hall–Kier alpha value is -0.420. The number of nitrogens with two attached hydrogens (primary N) is 1. The highest BCUT2D eigenvalue weighted by molar-refractivity contribution is 8.14. The monoisotopic (exact) mass is 293 g/mol. The molecule has 1 saturated heterocycles. The summed E-state index contributed by atoms with van der Waals surface area (Å²) in [5, 5.41) is 29.7. The number of nitrogens with zero attached hydrogens (tertiary/aromatic N) is 2. The van der Waals surface area contributed by atoms with Gasteiger partial charge in [-0.05, 0) is 0 Å². The van der Waals surface area contributed by atoms with Gasteiger partial charge in [0.1, 0.15) is 35.9 Å². The van der Waals surface area contributed by atoms with E-state index < -0.39 is 42.5 Å².